The summed E-state index contributed by atoms with van der Waals surface area (Å²) in [5, 5.41) is 7.58. The molecule has 0 spiro atoms. The summed E-state index contributed by atoms with van der Waals surface area (Å²) in [4.78, 5) is 13.8. The van der Waals surface area contributed by atoms with Gasteiger partial charge in [0.25, 0.3) is 0 Å². The fraction of sp³-hybridized carbons (Fsp3) is 0.556. The average molecular weight is 685 g/mol. The fourth-order valence-corrected chi connectivity index (χ4v) is 7.88. The summed E-state index contributed by atoms with van der Waals surface area (Å²) in [6.45, 7) is 17.1. The number of anilines is 3. The summed E-state index contributed by atoms with van der Waals surface area (Å²) in [6.07, 6.45) is 9.89. The first-order chi connectivity index (χ1) is 22.7. The first-order valence-electron chi connectivity index (χ1n) is 17.0. The second kappa shape index (κ2) is 18.1. The molecule has 2 heterocycles. The lowest BCUT2D eigenvalue weighted by atomic mass is 10.0. The first-order valence-corrected chi connectivity index (χ1v) is 20.0. The van der Waals surface area contributed by atoms with Crippen molar-refractivity contribution in [3.63, 3.8) is 0 Å². The van der Waals surface area contributed by atoms with E-state index in [0.717, 1.165) is 75.2 Å². The molecule has 2 aliphatic heterocycles. The number of aliphatic imine (C=N–C) groups is 2. The van der Waals surface area contributed by atoms with Crippen molar-refractivity contribution in [1.29, 1.82) is 0 Å². The number of hydrogen-bond acceptors (Lipinski definition) is 9. The number of ether oxygens (including phenoxy) is 2. The molecule has 4 rings (SSSR count). The number of halogens is 1. The molecule has 9 nitrogen and oxygen atoms in total. The molecule has 0 amide bonds. The van der Waals surface area contributed by atoms with Crippen LogP contribution in [0, 0.1) is 0 Å². The number of allylic oxidation sites excluding steroid dienone is 1. The van der Waals surface area contributed by atoms with Crippen molar-refractivity contribution in [2.24, 2.45) is 9.98 Å². The predicted octanol–water partition coefficient (Wildman–Crippen LogP) is 7.42. The second-order valence-corrected chi connectivity index (χ2v) is 16.3. The van der Waals surface area contributed by atoms with Gasteiger partial charge in [-0.1, -0.05) is 37.6 Å². The molecule has 2 fully saturated rings. The lowest BCUT2D eigenvalue weighted by Gasteiger charge is -2.37. The van der Waals surface area contributed by atoms with Gasteiger partial charge in [0.05, 0.1) is 24.6 Å². The highest BCUT2D eigenvalue weighted by Gasteiger charge is 2.28. The van der Waals surface area contributed by atoms with Gasteiger partial charge in [-0.3, -0.25) is 4.99 Å². The number of rotatable bonds is 15. The van der Waals surface area contributed by atoms with Crippen LogP contribution >= 0.6 is 18.7 Å². The monoisotopic (exact) mass is 684 g/mol. The van der Waals surface area contributed by atoms with Crippen LogP contribution in [0.4, 0.5) is 17.1 Å². The minimum absolute atomic E-state index is 0.292. The number of methoxy groups -OCH3 is 1. The zero-order valence-electron chi connectivity index (χ0n) is 28.9. The number of hydrogen-bond donors (Lipinski definition) is 2. The van der Waals surface area contributed by atoms with Gasteiger partial charge in [0.15, 0.2) is 0 Å². The number of aryl methyl sites for hydroxylation is 1. The largest absolute Gasteiger partial charge is 0.495 e. The van der Waals surface area contributed by atoms with Crippen molar-refractivity contribution < 1.29 is 14.0 Å². The maximum absolute atomic E-state index is 12.8. The number of para-hydroxylation sites is 1. The SMILES string of the molecule is C=N/C(Nc1ccccc1P(C)(C)=O)=C(Cl)\C=N/CNc1cc(CC)c(N2CCCC(N3CCC(OCCC)CC3)CC2)cc1OC. The van der Waals surface area contributed by atoms with Crippen LogP contribution < -0.4 is 25.6 Å². The van der Waals surface area contributed by atoms with Crippen molar-refractivity contribution in [2.45, 2.75) is 70.9 Å². The standard InChI is InChI=1S/C36H54ClN6O3P/c1-7-22-46-29-16-20-42(21-17-29)28-12-11-18-43(19-15-28)33-24-34(45-4)32(23-27(33)8-2)40-26-39-25-30(37)36(38-3)41-31-13-9-10-14-35(31)47(5,6)44/h9-10,13-14,23-25,28-29,40-41H,3,7-8,11-12,15-22,26H2,1-2,4-6H3/b36-30-,39-25-. The molecule has 2 saturated heterocycles. The van der Waals surface area contributed by atoms with Gasteiger partial charge in [-0.2, -0.15) is 0 Å². The molecule has 2 aliphatic rings. The molecule has 11 heteroatoms. The van der Waals surface area contributed by atoms with Crippen LogP contribution in [0.1, 0.15) is 57.9 Å². The molecule has 2 N–H and O–H groups in total. The Hall–Kier alpha value is -2.84. The van der Waals surface area contributed by atoms with Gasteiger partial charge in [0, 0.05) is 62.1 Å². The first kappa shape index (κ1) is 37.0. The Kier molecular flexibility index (Phi) is 14.2. The third-order valence-electron chi connectivity index (χ3n) is 9.06. The van der Waals surface area contributed by atoms with Crippen molar-refractivity contribution >= 4 is 54.0 Å². The Morgan fingerprint density at radius 3 is 2.53 bits per heavy atom. The lowest BCUT2D eigenvalue weighted by Crippen LogP contribution is -2.43. The number of nitrogens with zero attached hydrogens (tertiary/aromatic N) is 4. The molecule has 0 aliphatic carbocycles. The molecule has 2 aromatic rings. The Labute approximate surface area is 287 Å². The summed E-state index contributed by atoms with van der Waals surface area (Å²) in [6, 6.07) is 12.4. The molecular formula is C36H54ClN6O3P. The van der Waals surface area contributed by atoms with E-state index in [1.54, 1.807) is 26.7 Å². The zero-order valence-corrected chi connectivity index (χ0v) is 30.6. The molecule has 0 aromatic heterocycles. The molecule has 0 saturated carbocycles. The van der Waals surface area contributed by atoms with E-state index in [0.29, 0.717) is 35.4 Å². The van der Waals surface area contributed by atoms with E-state index in [1.807, 2.05) is 24.3 Å². The van der Waals surface area contributed by atoms with Crippen LogP contribution in [0.5, 0.6) is 5.75 Å². The van der Waals surface area contributed by atoms with Gasteiger partial charge in [-0.05, 0) is 88.8 Å². The summed E-state index contributed by atoms with van der Waals surface area (Å²) < 4.78 is 24.6. The van der Waals surface area contributed by atoms with E-state index >= 15 is 0 Å². The van der Waals surface area contributed by atoms with Crippen molar-refractivity contribution in [1.82, 2.24) is 4.90 Å². The minimum atomic E-state index is -2.51. The van der Waals surface area contributed by atoms with Crippen LogP contribution in [-0.2, 0) is 15.7 Å². The molecular weight excluding hydrogens is 631 g/mol. The van der Waals surface area contributed by atoms with Gasteiger partial charge >= 0.3 is 0 Å². The normalized spacial score (nSPS) is 18.9. The maximum atomic E-state index is 12.8. The fourth-order valence-electron chi connectivity index (χ4n) is 6.54. The van der Waals surface area contributed by atoms with E-state index in [-0.39, 0.29) is 0 Å². The molecule has 258 valence electrons. The van der Waals surface area contributed by atoms with E-state index in [4.69, 9.17) is 21.1 Å². The summed E-state index contributed by atoms with van der Waals surface area (Å²) in [7, 11) is -0.801. The molecule has 0 bridgehead atoms. The summed E-state index contributed by atoms with van der Waals surface area (Å²) >= 11 is 6.55. The van der Waals surface area contributed by atoms with Gasteiger partial charge in [-0.15, -0.1) is 0 Å². The van der Waals surface area contributed by atoms with Gasteiger partial charge in [0.1, 0.15) is 30.4 Å². The van der Waals surface area contributed by atoms with Crippen molar-refractivity contribution in [2.75, 3.05) is 75.4 Å². The highest BCUT2D eigenvalue weighted by molar-refractivity contribution is 7.70. The minimum Gasteiger partial charge on any atom is -0.495 e. The Morgan fingerprint density at radius 2 is 1.85 bits per heavy atom. The smallest absolute Gasteiger partial charge is 0.150 e. The third kappa shape index (κ3) is 10.3. The number of benzene rings is 2. The van der Waals surface area contributed by atoms with Crippen molar-refractivity contribution in [3.8, 4) is 5.75 Å². The quantitative estimate of drug-likeness (QED) is 0.149. The van der Waals surface area contributed by atoms with E-state index in [9.17, 15) is 4.57 Å². The molecule has 1 atom stereocenters. The molecule has 47 heavy (non-hydrogen) atoms. The van der Waals surface area contributed by atoms with Crippen LogP contribution in [-0.4, -0.2) is 89.9 Å². The lowest BCUT2D eigenvalue weighted by molar-refractivity contribution is -0.00281. The van der Waals surface area contributed by atoms with Gasteiger partial charge in [-0.25, -0.2) is 4.99 Å². The Bertz CT molecular complexity index is 1440. The summed E-state index contributed by atoms with van der Waals surface area (Å²) in [5.74, 6) is 1.14. The number of piperidine rings is 1. The third-order valence-corrected chi connectivity index (χ3v) is 10.9. The molecule has 1 unspecified atom stereocenters. The highest BCUT2D eigenvalue weighted by atomic mass is 35.5. The van der Waals surface area contributed by atoms with E-state index in [1.165, 1.54) is 30.5 Å². The van der Waals surface area contributed by atoms with Crippen LogP contribution in [0.15, 0.2) is 57.2 Å². The Morgan fingerprint density at radius 1 is 1.09 bits per heavy atom. The van der Waals surface area contributed by atoms with Gasteiger partial charge < -0.3 is 34.5 Å². The van der Waals surface area contributed by atoms with E-state index in [2.05, 4.69) is 63.1 Å². The Balaban J connectivity index is 1.38. The number of likely N-dealkylation sites (tertiary alicyclic amines) is 1. The predicted molar refractivity (Wildman–Crippen MR) is 202 cm³/mol. The van der Waals surface area contributed by atoms with Crippen LogP contribution in [0.25, 0.3) is 0 Å². The average Bonchev–Trinajstić information content (AvgIpc) is 3.34. The second-order valence-electron chi connectivity index (χ2n) is 12.7. The molecule has 2 aromatic carbocycles. The molecule has 0 radical (unpaired) electrons. The van der Waals surface area contributed by atoms with Crippen molar-refractivity contribution in [3.05, 3.63) is 52.8 Å². The maximum Gasteiger partial charge on any atom is 0.150 e. The zero-order chi connectivity index (χ0) is 33.8. The summed E-state index contributed by atoms with van der Waals surface area (Å²) in [5.41, 5.74) is 4.12. The van der Waals surface area contributed by atoms with Gasteiger partial charge in [0.2, 0.25) is 0 Å². The number of nitrogens with one attached hydrogen (secondary N) is 2. The highest BCUT2D eigenvalue weighted by Crippen LogP contribution is 2.38. The van der Waals surface area contributed by atoms with E-state index < -0.39 is 7.14 Å². The topological polar surface area (TPSA) is 90.8 Å². The van der Waals surface area contributed by atoms with Crippen LogP contribution in [0.3, 0.4) is 0 Å². The van der Waals surface area contributed by atoms with Crippen LogP contribution in [0.2, 0.25) is 0 Å².